The Bertz CT molecular complexity index is 1100. The zero-order chi connectivity index (χ0) is 23.8. The highest BCUT2D eigenvalue weighted by molar-refractivity contribution is 9.10. The summed E-state index contributed by atoms with van der Waals surface area (Å²) in [5.41, 5.74) is 3.07. The van der Waals surface area contributed by atoms with Crippen LogP contribution in [-0.4, -0.2) is 13.0 Å². The van der Waals surface area contributed by atoms with Crippen LogP contribution in [0.25, 0.3) is 0 Å². The van der Waals surface area contributed by atoms with Crippen LogP contribution in [0.4, 0.5) is 15.8 Å². The number of carbonyl (C=O) groups excluding carboxylic acids is 1. The van der Waals surface area contributed by atoms with Crippen LogP contribution in [-0.2, 0) is 17.9 Å². The molecule has 0 saturated carbocycles. The fourth-order valence-electron chi connectivity index (χ4n) is 3.27. The molecule has 0 spiro atoms. The summed E-state index contributed by atoms with van der Waals surface area (Å²) in [5, 5.41) is 6.29. The molecule has 0 aliphatic heterocycles. The summed E-state index contributed by atoms with van der Waals surface area (Å²) >= 11 is 3.54. The van der Waals surface area contributed by atoms with E-state index in [1.54, 1.807) is 25.3 Å². The molecule has 0 bridgehead atoms. The van der Waals surface area contributed by atoms with Crippen LogP contribution in [0.1, 0.15) is 31.4 Å². The molecule has 2 N–H and O–H groups in total. The average Bonchev–Trinajstić information content (AvgIpc) is 2.77. The van der Waals surface area contributed by atoms with Gasteiger partial charge in [0, 0.05) is 29.9 Å². The van der Waals surface area contributed by atoms with Crippen molar-refractivity contribution in [1.29, 1.82) is 0 Å². The summed E-state index contributed by atoms with van der Waals surface area (Å²) < 4.78 is 26.0. The minimum absolute atomic E-state index is 0.00166. The molecular weight excluding hydrogens is 487 g/mol. The molecular formula is C26H28BrFN2O3. The van der Waals surface area contributed by atoms with Crippen LogP contribution in [0.5, 0.6) is 11.5 Å². The standard InChI is InChI=1S/C26H28BrFN2O3/c1-17(2)11-25(31)30-21-9-6-8-20(14-21)29-15-18-12-22(27)26(24(13-18)32-3)33-16-19-7-4-5-10-23(19)28/h4-10,12-14,17,29H,11,15-16H2,1-3H3,(H,30,31). The maximum absolute atomic E-state index is 13.9. The normalized spacial score (nSPS) is 10.7. The second-order valence-electron chi connectivity index (χ2n) is 8.07. The van der Waals surface area contributed by atoms with Crippen molar-refractivity contribution >= 4 is 33.2 Å². The monoisotopic (exact) mass is 514 g/mol. The predicted molar refractivity (Wildman–Crippen MR) is 133 cm³/mol. The van der Waals surface area contributed by atoms with E-state index in [4.69, 9.17) is 9.47 Å². The van der Waals surface area contributed by atoms with Crippen molar-refractivity contribution in [2.24, 2.45) is 5.92 Å². The van der Waals surface area contributed by atoms with E-state index < -0.39 is 0 Å². The first-order valence-corrected chi connectivity index (χ1v) is 11.5. The molecule has 3 rings (SSSR count). The summed E-state index contributed by atoms with van der Waals surface area (Å²) in [6.07, 6.45) is 0.483. The van der Waals surface area contributed by atoms with Crippen molar-refractivity contribution in [3.8, 4) is 11.5 Å². The van der Waals surface area contributed by atoms with E-state index in [2.05, 4.69) is 26.6 Å². The number of carbonyl (C=O) groups is 1. The van der Waals surface area contributed by atoms with E-state index >= 15 is 0 Å². The van der Waals surface area contributed by atoms with Gasteiger partial charge in [0.25, 0.3) is 0 Å². The van der Waals surface area contributed by atoms with Gasteiger partial charge in [0.05, 0.1) is 11.6 Å². The molecule has 3 aromatic carbocycles. The van der Waals surface area contributed by atoms with Crippen molar-refractivity contribution < 1.29 is 18.7 Å². The van der Waals surface area contributed by atoms with Gasteiger partial charge in [0.1, 0.15) is 12.4 Å². The Hall–Kier alpha value is -3.06. The molecule has 7 heteroatoms. The van der Waals surface area contributed by atoms with Gasteiger partial charge in [-0.05, 0) is 63.8 Å². The number of halogens is 2. The highest BCUT2D eigenvalue weighted by Gasteiger charge is 2.13. The Kier molecular flexibility index (Phi) is 8.72. The van der Waals surface area contributed by atoms with Crippen LogP contribution in [0.2, 0.25) is 0 Å². The number of benzene rings is 3. The van der Waals surface area contributed by atoms with Gasteiger partial charge in [0.2, 0.25) is 5.91 Å². The fourth-order valence-corrected chi connectivity index (χ4v) is 3.88. The minimum atomic E-state index is -0.309. The van der Waals surface area contributed by atoms with Crippen LogP contribution < -0.4 is 20.1 Å². The van der Waals surface area contributed by atoms with Gasteiger partial charge in [-0.3, -0.25) is 4.79 Å². The van der Waals surface area contributed by atoms with Crippen molar-refractivity contribution in [3.05, 3.63) is 82.1 Å². The minimum Gasteiger partial charge on any atom is -0.493 e. The lowest BCUT2D eigenvalue weighted by Crippen LogP contribution is -2.13. The third-order valence-corrected chi connectivity index (χ3v) is 5.44. The molecule has 0 radical (unpaired) electrons. The number of amides is 1. The lowest BCUT2D eigenvalue weighted by molar-refractivity contribution is -0.116. The first-order valence-electron chi connectivity index (χ1n) is 10.7. The lowest BCUT2D eigenvalue weighted by atomic mass is 10.1. The van der Waals surface area contributed by atoms with E-state index in [0.717, 1.165) is 16.9 Å². The van der Waals surface area contributed by atoms with E-state index in [1.165, 1.54) is 6.07 Å². The summed E-state index contributed by atoms with van der Waals surface area (Å²) in [4.78, 5) is 12.0. The molecule has 1 amide bonds. The topological polar surface area (TPSA) is 59.6 Å². The van der Waals surface area contributed by atoms with Crippen molar-refractivity contribution in [2.45, 2.75) is 33.4 Å². The zero-order valence-corrected chi connectivity index (χ0v) is 20.5. The SMILES string of the molecule is COc1cc(CNc2cccc(NC(=O)CC(C)C)c2)cc(Br)c1OCc1ccccc1F. The third kappa shape index (κ3) is 7.22. The maximum atomic E-state index is 13.9. The fraction of sp³-hybridized carbons (Fsp3) is 0.269. The van der Waals surface area contributed by atoms with Gasteiger partial charge in [-0.25, -0.2) is 4.39 Å². The number of anilines is 2. The van der Waals surface area contributed by atoms with Gasteiger partial charge in [-0.15, -0.1) is 0 Å². The highest BCUT2D eigenvalue weighted by Crippen LogP contribution is 2.37. The number of nitrogens with one attached hydrogen (secondary N) is 2. The van der Waals surface area contributed by atoms with E-state index in [1.807, 2.05) is 50.2 Å². The molecule has 0 saturated heterocycles. The van der Waals surface area contributed by atoms with E-state index in [-0.39, 0.29) is 18.3 Å². The Morgan fingerprint density at radius 3 is 2.55 bits per heavy atom. The van der Waals surface area contributed by atoms with E-state index in [9.17, 15) is 9.18 Å². The van der Waals surface area contributed by atoms with E-state index in [0.29, 0.717) is 40.4 Å². The molecule has 5 nitrogen and oxygen atoms in total. The van der Waals surface area contributed by atoms with Crippen LogP contribution in [0.3, 0.4) is 0 Å². The van der Waals surface area contributed by atoms with Crippen molar-refractivity contribution in [3.63, 3.8) is 0 Å². The number of hydrogen-bond donors (Lipinski definition) is 2. The molecule has 0 aliphatic carbocycles. The summed E-state index contributed by atoms with van der Waals surface area (Å²) in [7, 11) is 1.57. The van der Waals surface area contributed by atoms with Gasteiger partial charge in [0.15, 0.2) is 11.5 Å². The molecule has 174 valence electrons. The van der Waals surface area contributed by atoms with Crippen LogP contribution >= 0.6 is 15.9 Å². The Balaban J connectivity index is 1.66. The second-order valence-corrected chi connectivity index (χ2v) is 8.92. The second kappa shape index (κ2) is 11.7. The molecule has 0 aliphatic rings. The van der Waals surface area contributed by atoms with Crippen molar-refractivity contribution in [1.82, 2.24) is 0 Å². The predicted octanol–water partition coefficient (Wildman–Crippen LogP) is 6.77. The maximum Gasteiger partial charge on any atom is 0.224 e. The van der Waals surface area contributed by atoms with Crippen molar-refractivity contribution in [2.75, 3.05) is 17.7 Å². The Morgan fingerprint density at radius 2 is 1.82 bits per heavy atom. The molecule has 3 aromatic rings. The van der Waals surface area contributed by atoms with Gasteiger partial charge in [-0.1, -0.05) is 38.1 Å². The van der Waals surface area contributed by atoms with Gasteiger partial charge in [-0.2, -0.15) is 0 Å². The number of ether oxygens (including phenoxy) is 2. The summed E-state index contributed by atoms with van der Waals surface area (Å²) in [6, 6.07) is 17.9. The quantitative estimate of drug-likeness (QED) is 0.313. The van der Waals surface area contributed by atoms with Gasteiger partial charge < -0.3 is 20.1 Å². The smallest absolute Gasteiger partial charge is 0.224 e. The molecule has 0 atom stereocenters. The van der Waals surface area contributed by atoms with Gasteiger partial charge >= 0.3 is 0 Å². The number of rotatable bonds is 10. The average molecular weight is 515 g/mol. The number of methoxy groups -OCH3 is 1. The number of hydrogen-bond acceptors (Lipinski definition) is 4. The molecule has 0 heterocycles. The first-order chi connectivity index (χ1) is 15.9. The lowest BCUT2D eigenvalue weighted by Gasteiger charge is -2.16. The zero-order valence-electron chi connectivity index (χ0n) is 19.0. The Morgan fingerprint density at radius 1 is 1.06 bits per heavy atom. The largest absolute Gasteiger partial charge is 0.493 e. The van der Waals surface area contributed by atoms with Crippen LogP contribution in [0.15, 0.2) is 65.1 Å². The van der Waals surface area contributed by atoms with Crippen LogP contribution in [0, 0.1) is 11.7 Å². The molecule has 0 unspecified atom stereocenters. The summed E-state index contributed by atoms with van der Waals surface area (Å²) in [5.74, 6) is 1.06. The molecule has 0 aromatic heterocycles. The molecule has 33 heavy (non-hydrogen) atoms. The molecule has 0 fully saturated rings. The summed E-state index contributed by atoms with van der Waals surface area (Å²) in [6.45, 7) is 4.65. The third-order valence-electron chi connectivity index (χ3n) is 4.86. The first kappa shape index (κ1) is 24.6. The highest BCUT2D eigenvalue weighted by atomic mass is 79.9. The Labute approximate surface area is 202 Å².